The Morgan fingerprint density at radius 3 is 2.61 bits per heavy atom. The van der Waals surface area contributed by atoms with Crippen LogP contribution in [-0.2, 0) is 17.9 Å². The first kappa shape index (κ1) is 18.7. The SMILES string of the molecule is O=C(CCNCc1ccncc1)N1CCN(Cc2ccc3c(c2)OCO3)CC1. The standard InChI is InChI=1S/C21H26N4O3/c26-21(5-8-23-14-17-3-6-22-7-4-17)25-11-9-24(10-12-25)15-18-1-2-19-20(13-18)28-16-27-19/h1-4,6-7,13,23H,5,8-12,14-16H2. The van der Waals surface area contributed by atoms with Gasteiger partial charge in [-0.1, -0.05) is 6.07 Å². The highest BCUT2D eigenvalue weighted by Gasteiger charge is 2.21. The van der Waals surface area contributed by atoms with E-state index in [1.54, 1.807) is 12.4 Å². The largest absolute Gasteiger partial charge is 0.454 e. The molecule has 28 heavy (non-hydrogen) atoms. The van der Waals surface area contributed by atoms with Gasteiger partial charge in [0.25, 0.3) is 0 Å². The maximum Gasteiger partial charge on any atom is 0.231 e. The predicted octanol–water partition coefficient (Wildman–Crippen LogP) is 1.63. The highest BCUT2D eigenvalue weighted by atomic mass is 16.7. The van der Waals surface area contributed by atoms with E-state index in [0.717, 1.165) is 50.8 Å². The summed E-state index contributed by atoms with van der Waals surface area (Å²) in [6.45, 7) is 5.98. The van der Waals surface area contributed by atoms with E-state index in [0.29, 0.717) is 19.8 Å². The Hall–Kier alpha value is -2.64. The smallest absolute Gasteiger partial charge is 0.231 e. The monoisotopic (exact) mass is 382 g/mol. The molecule has 1 N–H and O–H groups in total. The molecule has 0 atom stereocenters. The lowest BCUT2D eigenvalue weighted by atomic mass is 10.1. The van der Waals surface area contributed by atoms with E-state index in [1.165, 1.54) is 11.1 Å². The Morgan fingerprint density at radius 2 is 1.79 bits per heavy atom. The fraction of sp³-hybridized carbons (Fsp3) is 0.429. The number of fused-ring (bicyclic) bond motifs is 1. The van der Waals surface area contributed by atoms with Crippen LogP contribution in [0.15, 0.2) is 42.7 Å². The van der Waals surface area contributed by atoms with E-state index < -0.39 is 0 Å². The van der Waals surface area contributed by atoms with E-state index in [9.17, 15) is 4.79 Å². The van der Waals surface area contributed by atoms with Crippen LogP contribution in [0.25, 0.3) is 0 Å². The first-order chi connectivity index (χ1) is 13.8. The van der Waals surface area contributed by atoms with E-state index in [-0.39, 0.29) is 5.91 Å². The van der Waals surface area contributed by atoms with Gasteiger partial charge in [0.05, 0.1) is 0 Å². The summed E-state index contributed by atoms with van der Waals surface area (Å²) in [5, 5.41) is 3.33. The van der Waals surface area contributed by atoms with Crippen LogP contribution in [0.4, 0.5) is 0 Å². The average Bonchev–Trinajstić information content (AvgIpc) is 3.20. The molecule has 0 bridgehead atoms. The number of ether oxygens (including phenoxy) is 2. The predicted molar refractivity (Wildman–Crippen MR) is 105 cm³/mol. The minimum Gasteiger partial charge on any atom is -0.454 e. The number of aromatic nitrogens is 1. The number of piperazine rings is 1. The highest BCUT2D eigenvalue weighted by molar-refractivity contribution is 5.76. The third kappa shape index (κ3) is 4.79. The number of nitrogens with zero attached hydrogens (tertiary/aromatic N) is 3. The summed E-state index contributed by atoms with van der Waals surface area (Å²) in [5.74, 6) is 1.87. The maximum atomic E-state index is 12.4. The molecule has 1 aromatic heterocycles. The van der Waals surface area contributed by atoms with Gasteiger partial charge in [-0.15, -0.1) is 0 Å². The summed E-state index contributed by atoms with van der Waals surface area (Å²) in [5.41, 5.74) is 2.39. The number of amides is 1. The molecule has 0 saturated carbocycles. The molecule has 0 spiro atoms. The summed E-state index contributed by atoms with van der Waals surface area (Å²) >= 11 is 0. The molecule has 2 aliphatic rings. The molecule has 1 fully saturated rings. The van der Waals surface area contributed by atoms with Crippen LogP contribution >= 0.6 is 0 Å². The van der Waals surface area contributed by atoms with E-state index in [4.69, 9.17) is 9.47 Å². The van der Waals surface area contributed by atoms with E-state index >= 15 is 0 Å². The molecule has 0 radical (unpaired) electrons. The quantitative estimate of drug-likeness (QED) is 0.735. The second-order valence-electron chi connectivity index (χ2n) is 7.13. The van der Waals surface area contributed by atoms with Crippen molar-refractivity contribution in [2.24, 2.45) is 0 Å². The molecule has 2 aromatic rings. The highest BCUT2D eigenvalue weighted by Crippen LogP contribution is 2.32. The lowest BCUT2D eigenvalue weighted by Crippen LogP contribution is -2.48. The van der Waals surface area contributed by atoms with Crippen LogP contribution in [0.1, 0.15) is 17.5 Å². The van der Waals surface area contributed by atoms with Gasteiger partial charge in [0.1, 0.15) is 0 Å². The lowest BCUT2D eigenvalue weighted by molar-refractivity contribution is -0.132. The summed E-state index contributed by atoms with van der Waals surface area (Å²) in [4.78, 5) is 20.8. The van der Waals surface area contributed by atoms with Gasteiger partial charge in [-0.3, -0.25) is 14.7 Å². The molecule has 1 saturated heterocycles. The van der Waals surface area contributed by atoms with Gasteiger partial charge in [0.2, 0.25) is 12.7 Å². The molecule has 148 valence electrons. The number of hydrogen-bond acceptors (Lipinski definition) is 6. The fourth-order valence-electron chi connectivity index (χ4n) is 3.54. The number of rotatable bonds is 7. The molecule has 0 aliphatic carbocycles. The topological polar surface area (TPSA) is 66.9 Å². The zero-order valence-corrected chi connectivity index (χ0v) is 16.0. The molecule has 0 unspecified atom stereocenters. The molecular weight excluding hydrogens is 356 g/mol. The van der Waals surface area contributed by atoms with Crippen LogP contribution in [0.5, 0.6) is 11.5 Å². The minimum atomic E-state index is 0.227. The Balaban J connectivity index is 1.16. The number of pyridine rings is 1. The van der Waals surface area contributed by atoms with Crippen LogP contribution in [0.2, 0.25) is 0 Å². The molecule has 7 nitrogen and oxygen atoms in total. The summed E-state index contributed by atoms with van der Waals surface area (Å²) in [7, 11) is 0. The third-order valence-electron chi connectivity index (χ3n) is 5.16. The molecule has 2 aliphatic heterocycles. The van der Waals surface area contributed by atoms with Gasteiger partial charge in [-0.05, 0) is 35.4 Å². The normalized spacial score (nSPS) is 16.4. The molecule has 1 aromatic carbocycles. The Labute approximate surface area is 165 Å². The average molecular weight is 382 g/mol. The lowest BCUT2D eigenvalue weighted by Gasteiger charge is -2.34. The molecule has 1 amide bonds. The maximum absolute atomic E-state index is 12.4. The summed E-state index contributed by atoms with van der Waals surface area (Å²) in [6, 6.07) is 10.1. The molecular formula is C21H26N4O3. The first-order valence-electron chi connectivity index (χ1n) is 9.76. The zero-order valence-electron chi connectivity index (χ0n) is 16.0. The Bertz CT molecular complexity index is 791. The van der Waals surface area contributed by atoms with Crippen LogP contribution in [0, 0.1) is 0 Å². The number of hydrogen-bond donors (Lipinski definition) is 1. The first-order valence-corrected chi connectivity index (χ1v) is 9.76. The van der Waals surface area contributed by atoms with Gasteiger partial charge < -0.3 is 19.7 Å². The number of nitrogens with one attached hydrogen (secondary N) is 1. The Kier molecular flexibility index (Phi) is 6.04. The van der Waals surface area contributed by atoms with E-state index in [1.807, 2.05) is 29.2 Å². The van der Waals surface area contributed by atoms with Gasteiger partial charge in [0, 0.05) is 64.6 Å². The van der Waals surface area contributed by atoms with Crippen molar-refractivity contribution in [1.82, 2.24) is 20.1 Å². The van der Waals surface area contributed by atoms with Crippen LogP contribution in [0.3, 0.4) is 0 Å². The van der Waals surface area contributed by atoms with Crippen molar-refractivity contribution >= 4 is 5.91 Å². The zero-order chi connectivity index (χ0) is 19.2. The van der Waals surface area contributed by atoms with Crippen molar-refractivity contribution in [3.8, 4) is 11.5 Å². The van der Waals surface area contributed by atoms with Gasteiger partial charge >= 0.3 is 0 Å². The fourth-order valence-corrected chi connectivity index (χ4v) is 3.54. The molecule has 7 heteroatoms. The van der Waals surface area contributed by atoms with Gasteiger partial charge in [-0.25, -0.2) is 0 Å². The van der Waals surface area contributed by atoms with Crippen molar-refractivity contribution in [3.05, 3.63) is 53.9 Å². The van der Waals surface area contributed by atoms with Crippen molar-refractivity contribution in [2.45, 2.75) is 19.5 Å². The molecule has 3 heterocycles. The van der Waals surface area contributed by atoms with Crippen molar-refractivity contribution < 1.29 is 14.3 Å². The van der Waals surface area contributed by atoms with Crippen LogP contribution in [-0.4, -0.2) is 60.2 Å². The summed E-state index contributed by atoms with van der Waals surface area (Å²) in [6.07, 6.45) is 4.10. The second-order valence-corrected chi connectivity index (χ2v) is 7.13. The third-order valence-corrected chi connectivity index (χ3v) is 5.16. The van der Waals surface area contributed by atoms with Crippen molar-refractivity contribution in [3.63, 3.8) is 0 Å². The molecule has 4 rings (SSSR count). The number of carbonyl (C=O) groups is 1. The van der Waals surface area contributed by atoms with Crippen LogP contribution < -0.4 is 14.8 Å². The van der Waals surface area contributed by atoms with Gasteiger partial charge in [0.15, 0.2) is 11.5 Å². The van der Waals surface area contributed by atoms with Crippen molar-refractivity contribution in [1.29, 1.82) is 0 Å². The Morgan fingerprint density at radius 1 is 1.00 bits per heavy atom. The second kappa shape index (κ2) is 9.03. The minimum absolute atomic E-state index is 0.227. The van der Waals surface area contributed by atoms with Crippen molar-refractivity contribution in [2.75, 3.05) is 39.5 Å². The van der Waals surface area contributed by atoms with Gasteiger partial charge in [-0.2, -0.15) is 0 Å². The number of carbonyl (C=O) groups excluding carboxylic acids is 1. The van der Waals surface area contributed by atoms with E-state index in [2.05, 4.69) is 21.3 Å². The number of benzene rings is 1. The summed E-state index contributed by atoms with van der Waals surface area (Å²) < 4.78 is 10.8.